The second kappa shape index (κ2) is 7.51. The minimum Gasteiger partial charge on any atom is -0.508 e. The molecule has 2 aromatic heterocycles. The van der Waals surface area contributed by atoms with Gasteiger partial charge in [0.05, 0.1) is 44.0 Å². The lowest BCUT2D eigenvalue weighted by Crippen LogP contribution is -2.18. The van der Waals surface area contributed by atoms with Crippen molar-refractivity contribution in [2.24, 2.45) is 0 Å². The van der Waals surface area contributed by atoms with Crippen molar-refractivity contribution in [1.82, 2.24) is 8.75 Å². The number of hydrogen-bond donors (Lipinski definition) is 1. The minimum absolute atomic E-state index is 0.0933. The van der Waals surface area contributed by atoms with Crippen molar-refractivity contribution in [2.75, 3.05) is 14.2 Å². The molecule has 2 aromatic carbocycles. The summed E-state index contributed by atoms with van der Waals surface area (Å²) in [4.78, 5) is 25.4. The fraction of sp³-hybridized carbons (Fsp3) is 0.200. The van der Waals surface area contributed by atoms with Crippen LogP contribution in [0.3, 0.4) is 0 Å². The van der Waals surface area contributed by atoms with Crippen LogP contribution in [0.1, 0.15) is 23.5 Å². The molecule has 2 heterocycles. The second-order valence-corrected chi connectivity index (χ2v) is 6.87. The third kappa shape index (κ3) is 3.29. The summed E-state index contributed by atoms with van der Waals surface area (Å²) in [7, 11) is 2.76. The number of esters is 1. The average Bonchev–Trinajstić information content (AvgIpc) is 3.21. The monoisotopic (exact) mass is 412 g/mol. The molecule has 148 valence electrons. The van der Waals surface area contributed by atoms with Gasteiger partial charge in [0.15, 0.2) is 5.43 Å². The SMILES string of the molecule is COC(=O)C[C@H](c1coc2ccc(OC)cc2c1=O)c1c(O)ccc2nsnc12. The molecule has 0 saturated heterocycles. The highest BCUT2D eigenvalue weighted by molar-refractivity contribution is 7.00. The molecule has 0 amide bonds. The number of carbonyl (C=O) groups excluding carboxylic acids is 1. The lowest BCUT2D eigenvalue weighted by molar-refractivity contribution is -0.140. The topological polar surface area (TPSA) is 112 Å². The molecule has 0 aliphatic heterocycles. The number of phenolic OH excluding ortho intramolecular Hbond substituents is 1. The van der Waals surface area contributed by atoms with Crippen LogP contribution in [-0.4, -0.2) is 34.0 Å². The van der Waals surface area contributed by atoms with Crippen molar-refractivity contribution in [2.45, 2.75) is 12.3 Å². The summed E-state index contributed by atoms with van der Waals surface area (Å²) in [6.45, 7) is 0. The highest BCUT2D eigenvalue weighted by Crippen LogP contribution is 2.38. The average molecular weight is 412 g/mol. The van der Waals surface area contributed by atoms with E-state index in [9.17, 15) is 14.7 Å². The van der Waals surface area contributed by atoms with Gasteiger partial charge in [-0.25, -0.2) is 0 Å². The lowest BCUT2D eigenvalue weighted by atomic mass is 9.87. The largest absolute Gasteiger partial charge is 0.508 e. The fourth-order valence-electron chi connectivity index (χ4n) is 3.31. The van der Waals surface area contributed by atoms with E-state index in [1.807, 2.05) is 0 Å². The van der Waals surface area contributed by atoms with Crippen LogP contribution < -0.4 is 10.2 Å². The smallest absolute Gasteiger partial charge is 0.306 e. The van der Waals surface area contributed by atoms with E-state index in [-0.39, 0.29) is 23.2 Å². The molecule has 4 aromatic rings. The number of nitrogens with zero attached hydrogens (tertiary/aromatic N) is 2. The molecule has 0 spiro atoms. The molecule has 1 atom stereocenters. The maximum absolute atomic E-state index is 13.3. The van der Waals surface area contributed by atoms with Gasteiger partial charge in [-0.1, -0.05) is 0 Å². The van der Waals surface area contributed by atoms with Gasteiger partial charge in [0.1, 0.15) is 28.1 Å². The Balaban J connectivity index is 1.98. The van der Waals surface area contributed by atoms with E-state index in [2.05, 4.69) is 8.75 Å². The van der Waals surface area contributed by atoms with Crippen LogP contribution in [0.25, 0.3) is 22.0 Å². The first-order chi connectivity index (χ1) is 14.0. The van der Waals surface area contributed by atoms with Gasteiger partial charge < -0.3 is 19.0 Å². The molecule has 0 fully saturated rings. The molecular formula is C20H16N2O6S. The summed E-state index contributed by atoms with van der Waals surface area (Å²) in [6.07, 6.45) is 1.13. The summed E-state index contributed by atoms with van der Waals surface area (Å²) in [5.74, 6) is -0.967. The van der Waals surface area contributed by atoms with Crippen LogP contribution in [0.15, 0.2) is 45.8 Å². The van der Waals surface area contributed by atoms with E-state index >= 15 is 0 Å². The zero-order chi connectivity index (χ0) is 20.5. The van der Waals surface area contributed by atoms with Gasteiger partial charge in [-0.05, 0) is 30.3 Å². The van der Waals surface area contributed by atoms with Crippen molar-refractivity contribution in [3.8, 4) is 11.5 Å². The van der Waals surface area contributed by atoms with Crippen LogP contribution >= 0.6 is 11.7 Å². The number of aromatic nitrogens is 2. The minimum atomic E-state index is -0.832. The van der Waals surface area contributed by atoms with Gasteiger partial charge in [0.25, 0.3) is 0 Å². The molecule has 0 saturated carbocycles. The maximum atomic E-state index is 13.3. The van der Waals surface area contributed by atoms with E-state index in [1.165, 1.54) is 26.5 Å². The fourth-order valence-corrected chi connectivity index (χ4v) is 3.86. The molecule has 0 aliphatic rings. The molecule has 4 rings (SSSR count). The van der Waals surface area contributed by atoms with Crippen molar-refractivity contribution >= 4 is 39.7 Å². The van der Waals surface area contributed by atoms with E-state index in [1.54, 1.807) is 24.3 Å². The Bertz CT molecular complexity index is 1280. The summed E-state index contributed by atoms with van der Waals surface area (Å²) in [6, 6.07) is 7.99. The van der Waals surface area contributed by atoms with E-state index in [4.69, 9.17) is 13.9 Å². The van der Waals surface area contributed by atoms with Crippen molar-refractivity contribution in [1.29, 1.82) is 0 Å². The maximum Gasteiger partial charge on any atom is 0.306 e. The second-order valence-electron chi connectivity index (χ2n) is 6.35. The third-order valence-electron chi connectivity index (χ3n) is 4.77. The first-order valence-corrected chi connectivity index (χ1v) is 9.37. The highest BCUT2D eigenvalue weighted by atomic mass is 32.1. The lowest BCUT2D eigenvalue weighted by Gasteiger charge is -2.18. The summed E-state index contributed by atoms with van der Waals surface area (Å²) >= 11 is 0.979. The standard InChI is InChI=1S/C20H16N2O6S/c1-26-10-3-6-16-12(7-10)20(25)13(9-28-16)11(8-17(24)27-2)18-15(23)5-4-14-19(18)22-29-21-14/h3-7,9,11,23H,8H2,1-2H3/t11-/m1/s1. The molecule has 0 radical (unpaired) electrons. The van der Waals surface area contributed by atoms with Crippen LogP contribution in [-0.2, 0) is 9.53 Å². The zero-order valence-corrected chi connectivity index (χ0v) is 16.4. The summed E-state index contributed by atoms with van der Waals surface area (Å²) in [5.41, 5.74) is 1.56. The van der Waals surface area contributed by atoms with Crippen LogP contribution in [0.4, 0.5) is 0 Å². The molecule has 8 nitrogen and oxygen atoms in total. The van der Waals surface area contributed by atoms with E-state index < -0.39 is 11.9 Å². The number of carbonyl (C=O) groups is 1. The summed E-state index contributed by atoms with van der Waals surface area (Å²) in [5, 5.41) is 10.9. The molecular weight excluding hydrogens is 396 g/mol. The third-order valence-corrected chi connectivity index (χ3v) is 5.32. The zero-order valence-electron chi connectivity index (χ0n) is 15.5. The number of aromatic hydroxyl groups is 1. The van der Waals surface area contributed by atoms with Gasteiger partial charge in [0, 0.05) is 17.0 Å². The van der Waals surface area contributed by atoms with Crippen molar-refractivity contribution in [3.05, 3.63) is 57.9 Å². The molecule has 1 N–H and O–H groups in total. The number of methoxy groups -OCH3 is 2. The number of benzene rings is 2. The first-order valence-electron chi connectivity index (χ1n) is 8.64. The molecule has 0 bridgehead atoms. The predicted octanol–water partition coefficient (Wildman–Crippen LogP) is 3.21. The number of phenols is 1. The van der Waals surface area contributed by atoms with E-state index in [0.717, 1.165) is 11.7 Å². The van der Waals surface area contributed by atoms with Gasteiger partial charge in [-0.2, -0.15) is 8.75 Å². The number of rotatable bonds is 5. The van der Waals surface area contributed by atoms with Crippen molar-refractivity contribution in [3.63, 3.8) is 0 Å². The van der Waals surface area contributed by atoms with Crippen LogP contribution in [0.5, 0.6) is 11.5 Å². The quantitative estimate of drug-likeness (QED) is 0.497. The highest BCUT2D eigenvalue weighted by Gasteiger charge is 2.28. The number of ether oxygens (including phenoxy) is 2. The predicted molar refractivity (Wildman–Crippen MR) is 107 cm³/mol. The summed E-state index contributed by atoms with van der Waals surface area (Å²) < 4.78 is 24.1. The van der Waals surface area contributed by atoms with E-state index in [0.29, 0.717) is 33.3 Å². The van der Waals surface area contributed by atoms with Crippen LogP contribution in [0.2, 0.25) is 0 Å². The molecule has 29 heavy (non-hydrogen) atoms. The Morgan fingerprint density at radius 1 is 1.24 bits per heavy atom. The van der Waals surface area contributed by atoms with Gasteiger partial charge in [-0.15, -0.1) is 0 Å². The Morgan fingerprint density at radius 3 is 2.83 bits per heavy atom. The van der Waals surface area contributed by atoms with Gasteiger partial charge in [0.2, 0.25) is 0 Å². The molecule has 9 heteroatoms. The van der Waals surface area contributed by atoms with Gasteiger partial charge in [-0.3, -0.25) is 9.59 Å². The number of fused-ring (bicyclic) bond motifs is 2. The van der Waals surface area contributed by atoms with Crippen molar-refractivity contribution < 1.29 is 23.8 Å². The number of hydrogen-bond acceptors (Lipinski definition) is 9. The Morgan fingerprint density at radius 2 is 2.07 bits per heavy atom. The first kappa shape index (κ1) is 18.9. The van der Waals surface area contributed by atoms with Gasteiger partial charge >= 0.3 is 5.97 Å². The molecule has 0 aliphatic carbocycles. The Kier molecular flexibility index (Phi) is 4.89. The normalized spacial score (nSPS) is 12.2. The molecule has 0 unspecified atom stereocenters. The Hall–Kier alpha value is -3.46. The Labute approximate surface area is 168 Å². The van der Waals surface area contributed by atoms with Crippen LogP contribution in [0, 0.1) is 0 Å².